The van der Waals surface area contributed by atoms with E-state index in [1.54, 1.807) is 0 Å². The molecule has 0 bridgehead atoms. The van der Waals surface area contributed by atoms with E-state index in [0.29, 0.717) is 0 Å². The molecule has 0 unspecified atom stereocenters. The van der Waals surface area contributed by atoms with E-state index in [9.17, 15) is 4.79 Å². The van der Waals surface area contributed by atoms with Gasteiger partial charge >= 0.3 is 5.97 Å². The van der Waals surface area contributed by atoms with Gasteiger partial charge in [-0.3, -0.25) is 5.32 Å². The summed E-state index contributed by atoms with van der Waals surface area (Å²) in [6, 6.07) is 0. The van der Waals surface area contributed by atoms with Crippen molar-refractivity contribution in [3.8, 4) is 0 Å². The van der Waals surface area contributed by atoms with Crippen LogP contribution in [-0.4, -0.2) is 23.8 Å². The van der Waals surface area contributed by atoms with Gasteiger partial charge in [0.15, 0.2) is 5.66 Å². The van der Waals surface area contributed by atoms with Crippen LogP contribution in [0.3, 0.4) is 0 Å². The quantitative estimate of drug-likeness (QED) is 0.405. The first-order valence-corrected chi connectivity index (χ1v) is 2.22. The molecule has 0 radical (unpaired) electrons. The maximum absolute atomic E-state index is 10.1. The molecule has 0 aromatic heterocycles. The Hall–Kier alpha value is -0.610. The van der Waals surface area contributed by atoms with Crippen LogP contribution >= 0.6 is 0 Å². The third-order valence-corrected chi connectivity index (χ3v) is 0.964. The van der Waals surface area contributed by atoms with E-state index >= 15 is 0 Å². The Labute approximate surface area is 47.7 Å². The van der Waals surface area contributed by atoms with Crippen LogP contribution in [-0.2, 0) is 4.79 Å². The number of carboxylic acid groups (broad SMARTS) is 1. The first kappa shape index (κ1) is 7.39. The van der Waals surface area contributed by atoms with E-state index in [0.717, 1.165) is 0 Å². The van der Waals surface area contributed by atoms with Crippen LogP contribution in [0.2, 0.25) is 0 Å². The van der Waals surface area contributed by atoms with Gasteiger partial charge in [0, 0.05) is 0 Å². The van der Waals surface area contributed by atoms with Crippen molar-refractivity contribution in [2.75, 3.05) is 7.05 Å². The molecule has 0 aliphatic heterocycles. The molecule has 0 saturated heterocycles. The van der Waals surface area contributed by atoms with E-state index in [4.69, 9.17) is 10.8 Å². The number of carbonyl (C=O) groups is 1. The zero-order chi connectivity index (χ0) is 6.78. The van der Waals surface area contributed by atoms with Crippen molar-refractivity contribution in [2.45, 2.75) is 12.6 Å². The molecule has 0 fully saturated rings. The highest BCUT2D eigenvalue weighted by atomic mass is 16.4. The zero-order valence-electron chi connectivity index (χ0n) is 4.93. The molecule has 0 aliphatic rings. The number of nitrogens with one attached hydrogen (secondary N) is 1. The van der Waals surface area contributed by atoms with Crippen LogP contribution in [0.15, 0.2) is 0 Å². The number of hydrogen-bond acceptors (Lipinski definition) is 3. The summed E-state index contributed by atoms with van der Waals surface area (Å²) in [5, 5.41) is 10.7. The summed E-state index contributed by atoms with van der Waals surface area (Å²) in [5.41, 5.74) is 3.86. The smallest absolute Gasteiger partial charge is 0.338 e. The van der Waals surface area contributed by atoms with Crippen molar-refractivity contribution in [1.29, 1.82) is 0 Å². The third-order valence-electron chi connectivity index (χ3n) is 0.964. The maximum atomic E-state index is 10.1. The van der Waals surface area contributed by atoms with E-state index in [2.05, 4.69) is 5.32 Å². The second-order valence-electron chi connectivity index (χ2n) is 1.76. The average Bonchev–Trinajstić information content (AvgIpc) is 1.67. The lowest BCUT2D eigenvalue weighted by Crippen LogP contribution is -2.55. The predicted octanol–water partition coefficient (Wildman–Crippen LogP) is -1.03. The van der Waals surface area contributed by atoms with Crippen LogP contribution in [0.25, 0.3) is 0 Å². The molecule has 0 spiro atoms. The van der Waals surface area contributed by atoms with Crippen molar-refractivity contribution in [3.05, 3.63) is 0 Å². The Morgan fingerprint density at radius 3 is 2.25 bits per heavy atom. The minimum atomic E-state index is -1.29. The zero-order valence-corrected chi connectivity index (χ0v) is 4.93. The molecule has 0 aromatic carbocycles. The number of carboxylic acids is 1. The Kier molecular flexibility index (Phi) is 1.94. The molecule has 0 heterocycles. The Morgan fingerprint density at radius 2 is 2.25 bits per heavy atom. The molecule has 4 heteroatoms. The molecule has 0 aliphatic carbocycles. The Bertz CT molecular complexity index is 100. The van der Waals surface area contributed by atoms with Gasteiger partial charge in [-0.15, -0.1) is 0 Å². The summed E-state index contributed by atoms with van der Waals surface area (Å²) in [7, 11) is 1.49. The number of nitrogens with two attached hydrogens (primary N) is 1. The fraction of sp³-hybridized carbons (Fsp3) is 0.750. The highest BCUT2D eigenvalue weighted by Crippen LogP contribution is 1.88. The van der Waals surface area contributed by atoms with Crippen LogP contribution < -0.4 is 11.1 Å². The van der Waals surface area contributed by atoms with Crippen molar-refractivity contribution < 1.29 is 9.90 Å². The SMILES string of the molecule is CN[C@@](C)(N)C(=O)O. The first-order chi connectivity index (χ1) is 3.50. The first-order valence-electron chi connectivity index (χ1n) is 2.22. The van der Waals surface area contributed by atoms with E-state index in [1.807, 2.05) is 0 Å². The lowest BCUT2D eigenvalue weighted by atomic mass is 10.2. The van der Waals surface area contributed by atoms with Crippen LogP contribution in [0, 0.1) is 0 Å². The highest BCUT2D eigenvalue weighted by molar-refractivity contribution is 5.77. The Balaban J connectivity index is 3.91. The normalized spacial score (nSPS) is 17.4. The maximum Gasteiger partial charge on any atom is 0.338 e. The van der Waals surface area contributed by atoms with Gasteiger partial charge in [0.25, 0.3) is 0 Å². The van der Waals surface area contributed by atoms with Gasteiger partial charge in [-0.25, -0.2) is 4.79 Å². The summed E-state index contributed by atoms with van der Waals surface area (Å²) in [6.45, 7) is 1.38. The molecule has 4 nitrogen and oxygen atoms in total. The van der Waals surface area contributed by atoms with Gasteiger partial charge in [-0.05, 0) is 14.0 Å². The lowest BCUT2D eigenvalue weighted by Gasteiger charge is -2.16. The summed E-state index contributed by atoms with van der Waals surface area (Å²) in [5.74, 6) is -1.06. The van der Waals surface area contributed by atoms with Crippen molar-refractivity contribution in [1.82, 2.24) is 5.32 Å². The minimum Gasteiger partial charge on any atom is -0.479 e. The molecule has 0 aromatic rings. The van der Waals surface area contributed by atoms with Gasteiger partial charge < -0.3 is 10.8 Å². The number of rotatable bonds is 2. The van der Waals surface area contributed by atoms with Gasteiger partial charge in [0.05, 0.1) is 0 Å². The minimum absolute atomic E-state index is 1.06. The van der Waals surface area contributed by atoms with E-state index < -0.39 is 11.6 Å². The van der Waals surface area contributed by atoms with Crippen molar-refractivity contribution in [2.24, 2.45) is 5.73 Å². The fourth-order valence-electron chi connectivity index (χ4n) is 0.107. The summed E-state index contributed by atoms with van der Waals surface area (Å²) in [6.07, 6.45) is 0. The summed E-state index contributed by atoms with van der Waals surface area (Å²) in [4.78, 5) is 10.1. The lowest BCUT2D eigenvalue weighted by molar-refractivity contribution is -0.143. The highest BCUT2D eigenvalue weighted by Gasteiger charge is 2.24. The molecule has 8 heavy (non-hydrogen) atoms. The van der Waals surface area contributed by atoms with Crippen LogP contribution in [0.4, 0.5) is 0 Å². The molecule has 0 saturated carbocycles. The molecule has 0 rings (SSSR count). The van der Waals surface area contributed by atoms with Gasteiger partial charge in [-0.1, -0.05) is 0 Å². The van der Waals surface area contributed by atoms with Gasteiger partial charge in [0.2, 0.25) is 0 Å². The van der Waals surface area contributed by atoms with Gasteiger partial charge in [0.1, 0.15) is 0 Å². The topological polar surface area (TPSA) is 75.3 Å². The second kappa shape index (κ2) is 2.11. The third kappa shape index (κ3) is 1.48. The molecular formula is C4H10N2O2. The Morgan fingerprint density at radius 1 is 1.88 bits per heavy atom. The van der Waals surface area contributed by atoms with E-state index in [-0.39, 0.29) is 0 Å². The second-order valence-corrected chi connectivity index (χ2v) is 1.76. The molecule has 1 atom stereocenters. The summed E-state index contributed by atoms with van der Waals surface area (Å²) >= 11 is 0. The van der Waals surface area contributed by atoms with Crippen LogP contribution in [0.1, 0.15) is 6.92 Å². The molecular weight excluding hydrogens is 108 g/mol. The predicted molar refractivity (Wildman–Crippen MR) is 29.3 cm³/mol. The molecule has 0 amide bonds. The van der Waals surface area contributed by atoms with Crippen LogP contribution in [0.5, 0.6) is 0 Å². The van der Waals surface area contributed by atoms with Crippen molar-refractivity contribution in [3.63, 3.8) is 0 Å². The van der Waals surface area contributed by atoms with Crippen molar-refractivity contribution >= 4 is 5.97 Å². The average molecular weight is 118 g/mol. The molecule has 48 valence electrons. The number of likely N-dealkylation sites (N-methyl/N-ethyl adjacent to an activating group) is 1. The van der Waals surface area contributed by atoms with Gasteiger partial charge in [-0.2, -0.15) is 0 Å². The number of aliphatic carboxylic acids is 1. The fourth-order valence-corrected chi connectivity index (χ4v) is 0.107. The summed E-state index contributed by atoms with van der Waals surface area (Å²) < 4.78 is 0. The molecule has 4 N–H and O–H groups in total. The number of hydrogen-bond donors (Lipinski definition) is 3. The standard InChI is InChI=1S/C4H10N2O2/c1-4(5,6-2)3(7)8/h6H,5H2,1-2H3,(H,7,8)/t4-/m1/s1. The monoisotopic (exact) mass is 118 g/mol. The largest absolute Gasteiger partial charge is 0.479 e. The van der Waals surface area contributed by atoms with E-state index in [1.165, 1.54) is 14.0 Å².